The Kier molecular flexibility index (Phi) is 4.53. The highest BCUT2D eigenvalue weighted by atomic mass is 35.5. The number of aryl methyl sites for hydroxylation is 1. The molecule has 0 unspecified atom stereocenters. The van der Waals surface area contributed by atoms with Crippen LogP contribution in [-0.2, 0) is 0 Å². The number of aromatic amines is 1. The predicted octanol–water partition coefficient (Wildman–Crippen LogP) is 4.30. The van der Waals surface area contributed by atoms with E-state index in [1.54, 1.807) is 25.3 Å². The van der Waals surface area contributed by atoms with Gasteiger partial charge in [0, 0.05) is 16.3 Å². The number of carbonyl (C=O) groups is 1. The third kappa shape index (κ3) is 3.26. The van der Waals surface area contributed by atoms with E-state index in [4.69, 9.17) is 16.3 Å². The molecule has 0 radical (unpaired) electrons. The molecular weight excluding hydrogens is 326 g/mol. The summed E-state index contributed by atoms with van der Waals surface area (Å²) < 4.78 is 5.15. The summed E-state index contributed by atoms with van der Waals surface area (Å²) in [7, 11) is 1.61. The molecule has 1 amide bonds. The lowest BCUT2D eigenvalue weighted by molar-refractivity contribution is 0.102. The van der Waals surface area contributed by atoms with Crippen LogP contribution in [0.3, 0.4) is 0 Å². The van der Waals surface area contributed by atoms with Gasteiger partial charge in [-0.1, -0.05) is 11.6 Å². The minimum Gasteiger partial charge on any atom is -0.497 e. The largest absolute Gasteiger partial charge is 0.497 e. The zero-order valence-corrected chi connectivity index (χ0v) is 14.0. The lowest BCUT2D eigenvalue weighted by atomic mass is 10.1. The quantitative estimate of drug-likeness (QED) is 0.743. The molecule has 0 aliphatic heterocycles. The number of anilines is 1. The van der Waals surface area contributed by atoms with Crippen molar-refractivity contribution in [3.8, 4) is 17.0 Å². The van der Waals surface area contributed by atoms with Gasteiger partial charge >= 0.3 is 0 Å². The first kappa shape index (κ1) is 16.1. The first-order valence-corrected chi connectivity index (χ1v) is 7.71. The first-order valence-electron chi connectivity index (χ1n) is 7.34. The summed E-state index contributed by atoms with van der Waals surface area (Å²) in [6.45, 7) is 1.89. The number of halogens is 1. The number of H-pyrrole nitrogens is 1. The van der Waals surface area contributed by atoms with Crippen LogP contribution in [0, 0.1) is 6.92 Å². The molecule has 1 heterocycles. The molecule has 0 aliphatic rings. The van der Waals surface area contributed by atoms with Crippen molar-refractivity contribution in [2.75, 3.05) is 12.4 Å². The van der Waals surface area contributed by atoms with Crippen LogP contribution in [0.1, 0.15) is 15.9 Å². The number of amides is 1. The number of hydrogen-bond acceptors (Lipinski definition) is 3. The van der Waals surface area contributed by atoms with Gasteiger partial charge in [0.1, 0.15) is 5.75 Å². The van der Waals surface area contributed by atoms with E-state index in [1.807, 2.05) is 31.2 Å². The molecule has 0 saturated carbocycles. The molecule has 3 rings (SSSR count). The molecule has 2 aromatic carbocycles. The van der Waals surface area contributed by atoms with Gasteiger partial charge in [0.2, 0.25) is 0 Å². The minimum atomic E-state index is -0.236. The standard InChI is InChI=1S/C18H16ClN3O2/c1-11-9-13(19)5-8-16(11)21-18(23)15-10-20-22-17(15)12-3-6-14(24-2)7-4-12/h3-10H,1-2H3,(H,20,22)(H,21,23). The molecule has 3 aromatic rings. The van der Waals surface area contributed by atoms with Crippen LogP contribution in [0.5, 0.6) is 5.75 Å². The van der Waals surface area contributed by atoms with Crippen LogP contribution in [0.4, 0.5) is 5.69 Å². The highest BCUT2D eigenvalue weighted by Crippen LogP contribution is 2.25. The number of aromatic nitrogens is 2. The van der Waals surface area contributed by atoms with Crippen molar-refractivity contribution >= 4 is 23.2 Å². The summed E-state index contributed by atoms with van der Waals surface area (Å²) >= 11 is 5.95. The highest BCUT2D eigenvalue weighted by molar-refractivity contribution is 6.30. The van der Waals surface area contributed by atoms with Gasteiger partial charge < -0.3 is 10.1 Å². The Hall–Kier alpha value is -2.79. The second kappa shape index (κ2) is 6.76. The third-order valence-electron chi connectivity index (χ3n) is 3.70. The summed E-state index contributed by atoms with van der Waals surface area (Å²) in [4.78, 5) is 12.6. The normalized spacial score (nSPS) is 10.5. The van der Waals surface area contributed by atoms with Gasteiger partial charge in [0.15, 0.2) is 0 Å². The van der Waals surface area contributed by atoms with E-state index < -0.39 is 0 Å². The van der Waals surface area contributed by atoms with Crippen molar-refractivity contribution in [1.82, 2.24) is 10.2 Å². The number of carbonyl (C=O) groups excluding carboxylic acids is 1. The summed E-state index contributed by atoms with van der Waals surface area (Å²) in [6, 6.07) is 12.7. The SMILES string of the molecule is COc1ccc(-c2[nH]ncc2C(=O)Nc2ccc(Cl)cc2C)cc1. The molecule has 0 atom stereocenters. The Bertz CT molecular complexity index is 872. The lowest BCUT2D eigenvalue weighted by Gasteiger charge is -2.09. The molecule has 0 fully saturated rings. The predicted molar refractivity (Wildman–Crippen MR) is 94.7 cm³/mol. The van der Waals surface area contributed by atoms with Crippen LogP contribution < -0.4 is 10.1 Å². The molecule has 0 spiro atoms. The maximum atomic E-state index is 12.6. The highest BCUT2D eigenvalue weighted by Gasteiger charge is 2.16. The van der Waals surface area contributed by atoms with Crippen molar-refractivity contribution in [2.24, 2.45) is 0 Å². The number of rotatable bonds is 4. The van der Waals surface area contributed by atoms with Crippen LogP contribution >= 0.6 is 11.6 Å². The summed E-state index contributed by atoms with van der Waals surface area (Å²) in [5, 5.41) is 10.4. The molecule has 5 nitrogen and oxygen atoms in total. The molecule has 0 saturated heterocycles. The van der Waals surface area contributed by atoms with E-state index in [2.05, 4.69) is 15.5 Å². The Morgan fingerprint density at radius 3 is 2.62 bits per heavy atom. The smallest absolute Gasteiger partial charge is 0.259 e. The van der Waals surface area contributed by atoms with Crippen molar-refractivity contribution in [1.29, 1.82) is 0 Å². The van der Waals surface area contributed by atoms with Crippen LogP contribution in [0.2, 0.25) is 5.02 Å². The molecule has 6 heteroatoms. The lowest BCUT2D eigenvalue weighted by Crippen LogP contribution is -2.13. The molecule has 0 aliphatic carbocycles. The fourth-order valence-corrected chi connectivity index (χ4v) is 2.62. The minimum absolute atomic E-state index is 0.236. The van der Waals surface area contributed by atoms with Gasteiger partial charge in [-0.05, 0) is 55.0 Å². The Labute approximate surface area is 144 Å². The molecule has 1 aromatic heterocycles. The van der Waals surface area contributed by atoms with Gasteiger partial charge in [0.25, 0.3) is 5.91 Å². The summed E-state index contributed by atoms with van der Waals surface area (Å²) in [6.07, 6.45) is 1.51. The van der Waals surface area contributed by atoms with Crippen molar-refractivity contribution < 1.29 is 9.53 Å². The number of benzene rings is 2. The van der Waals surface area contributed by atoms with E-state index in [0.29, 0.717) is 22.0 Å². The maximum absolute atomic E-state index is 12.6. The monoisotopic (exact) mass is 341 g/mol. The van der Waals surface area contributed by atoms with Crippen molar-refractivity contribution in [3.05, 3.63) is 64.8 Å². The number of hydrogen-bond donors (Lipinski definition) is 2. The maximum Gasteiger partial charge on any atom is 0.259 e. The van der Waals surface area contributed by atoms with Gasteiger partial charge in [-0.2, -0.15) is 5.10 Å². The van der Waals surface area contributed by atoms with Gasteiger partial charge in [-0.15, -0.1) is 0 Å². The molecular formula is C18H16ClN3O2. The van der Waals surface area contributed by atoms with E-state index in [0.717, 1.165) is 16.9 Å². The first-order chi connectivity index (χ1) is 11.6. The number of methoxy groups -OCH3 is 1. The van der Waals surface area contributed by atoms with Gasteiger partial charge in [0.05, 0.1) is 24.6 Å². The Balaban J connectivity index is 1.87. The zero-order chi connectivity index (χ0) is 17.1. The van der Waals surface area contributed by atoms with E-state index in [9.17, 15) is 4.79 Å². The molecule has 24 heavy (non-hydrogen) atoms. The Morgan fingerprint density at radius 2 is 1.96 bits per heavy atom. The van der Waals surface area contributed by atoms with Crippen LogP contribution in [-0.4, -0.2) is 23.2 Å². The van der Waals surface area contributed by atoms with Crippen molar-refractivity contribution in [3.63, 3.8) is 0 Å². The average molecular weight is 342 g/mol. The molecule has 2 N–H and O–H groups in total. The third-order valence-corrected chi connectivity index (χ3v) is 3.93. The van der Waals surface area contributed by atoms with Crippen LogP contribution in [0.25, 0.3) is 11.3 Å². The average Bonchev–Trinajstić information content (AvgIpc) is 3.07. The molecule has 122 valence electrons. The molecule has 0 bridgehead atoms. The second-order valence-electron chi connectivity index (χ2n) is 5.30. The fourth-order valence-electron chi connectivity index (χ4n) is 2.39. The second-order valence-corrected chi connectivity index (χ2v) is 5.74. The summed E-state index contributed by atoms with van der Waals surface area (Å²) in [5.41, 5.74) is 3.58. The number of ether oxygens (including phenoxy) is 1. The van der Waals surface area contributed by atoms with Gasteiger partial charge in [-0.3, -0.25) is 9.89 Å². The summed E-state index contributed by atoms with van der Waals surface area (Å²) in [5.74, 6) is 0.515. The zero-order valence-electron chi connectivity index (χ0n) is 13.3. The van der Waals surface area contributed by atoms with E-state index in [1.165, 1.54) is 6.20 Å². The fraction of sp³-hybridized carbons (Fsp3) is 0.111. The van der Waals surface area contributed by atoms with Crippen LogP contribution in [0.15, 0.2) is 48.7 Å². The van der Waals surface area contributed by atoms with Gasteiger partial charge in [-0.25, -0.2) is 0 Å². The Morgan fingerprint density at radius 1 is 1.21 bits per heavy atom. The van der Waals surface area contributed by atoms with E-state index >= 15 is 0 Å². The number of nitrogens with zero attached hydrogens (tertiary/aromatic N) is 1. The topological polar surface area (TPSA) is 67.0 Å². The van der Waals surface area contributed by atoms with Crippen molar-refractivity contribution in [2.45, 2.75) is 6.92 Å². The number of nitrogens with one attached hydrogen (secondary N) is 2. The van der Waals surface area contributed by atoms with E-state index in [-0.39, 0.29) is 5.91 Å².